The van der Waals surface area contributed by atoms with E-state index in [2.05, 4.69) is 15.0 Å². The van der Waals surface area contributed by atoms with Crippen LogP contribution in [-0.4, -0.2) is 53.9 Å². The van der Waals surface area contributed by atoms with Crippen molar-refractivity contribution in [2.45, 2.75) is 31.7 Å². The number of carbonyl (C=O) groups excluding carboxylic acids is 3. The summed E-state index contributed by atoms with van der Waals surface area (Å²) in [6, 6.07) is 2.92. The van der Waals surface area contributed by atoms with Crippen molar-refractivity contribution >= 4 is 28.7 Å². The molecule has 1 aliphatic heterocycles. The van der Waals surface area contributed by atoms with Crippen molar-refractivity contribution < 1.29 is 27.9 Å². The van der Waals surface area contributed by atoms with Crippen molar-refractivity contribution in [3.63, 3.8) is 0 Å². The number of methoxy groups -OCH3 is 1. The van der Waals surface area contributed by atoms with Crippen LogP contribution in [0.15, 0.2) is 30.4 Å². The van der Waals surface area contributed by atoms with Crippen molar-refractivity contribution in [2.24, 2.45) is 0 Å². The summed E-state index contributed by atoms with van der Waals surface area (Å²) < 4.78 is 31.7. The van der Waals surface area contributed by atoms with Gasteiger partial charge in [-0.1, -0.05) is 12.2 Å². The van der Waals surface area contributed by atoms with Crippen LogP contribution in [0.4, 0.5) is 8.78 Å². The van der Waals surface area contributed by atoms with Crippen LogP contribution in [0, 0.1) is 11.6 Å². The second-order valence-corrected chi connectivity index (χ2v) is 7.07. The number of ether oxygens (including phenoxy) is 1. The van der Waals surface area contributed by atoms with Gasteiger partial charge in [0.2, 0.25) is 5.91 Å². The summed E-state index contributed by atoms with van der Waals surface area (Å²) in [7, 11) is 1.33. The molecule has 3 rings (SSSR count). The number of fused-ring (bicyclic) bond motifs is 1. The molecule has 1 aromatic heterocycles. The number of nitrogens with zero attached hydrogens (tertiary/aromatic N) is 1. The maximum Gasteiger partial charge on any atom is 0.305 e. The molecule has 1 unspecified atom stereocenters. The molecule has 30 heavy (non-hydrogen) atoms. The third-order valence-corrected chi connectivity index (χ3v) is 5.00. The summed E-state index contributed by atoms with van der Waals surface area (Å²) in [6.07, 6.45) is 5.41. The Morgan fingerprint density at radius 2 is 1.97 bits per heavy atom. The van der Waals surface area contributed by atoms with Gasteiger partial charge >= 0.3 is 5.97 Å². The summed E-state index contributed by atoms with van der Waals surface area (Å²) in [6.45, 7) is 0.642. The van der Waals surface area contributed by atoms with Crippen LogP contribution >= 0.6 is 0 Å². The quantitative estimate of drug-likeness (QED) is 0.391. The van der Waals surface area contributed by atoms with Gasteiger partial charge in [0.1, 0.15) is 17.3 Å². The minimum atomic E-state index is -0.747. The zero-order chi connectivity index (χ0) is 21.7. The minimum Gasteiger partial charge on any atom is -0.469 e. The Hall–Kier alpha value is -3.23. The van der Waals surface area contributed by atoms with Gasteiger partial charge in [0.25, 0.3) is 5.91 Å². The molecule has 2 heterocycles. The predicted octanol–water partition coefficient (Wildman–Crippen LogP) is 2.68. The molecule has 0 radical (unpaired) electrons. The number of unbranched alkanes of at least 4 members (excludes halogenated alkanes) is 1. The lowest BCUT2D eigenvalue weighted by Gasteiger charge is -2.25. The minimum absolute atomic E-state index is 0.0627. The monoisotopic (exact) mass is 419 g/mol. The number of aromatic nitrogens is 1. The largest absolute Gasteiger partial charge is 0.469 e. The first-order chi connectivity index (χ1) is 14.4. The highest BCUT2D eigenvalue weighted by atomic mass is 19.1. The molecule has 1 aliphatic rings. The summed E-state index contributed by atoms with van der Waals surface area (Å²) in [4.78, 5) is 40.3. The fraction of sp³-hybridized carbons (Fsp3) is 0.381. The predicted molar refractivity (Wildman–Crippen MR) is 106 cm³/mol. The Morgan fingerprint density at radius 3 is 2.73 bits per heavy atom. The normalized spacial score (nSPS) is 15.6. The smallest absolute Gasteiger partial charge is 0.305 e. The molecular weight excluding hydrogens is 396 g/mol. The molecule has 0 aliphatic carbocycles. The summed E-state index contributed by atoms with van der Waals surface area (Å²) in [5, 5.41) is 2.85. The van der Waals surface area contributed by atoms with Crippen molar-refractivity contribution in [1.82, 2.24) is 15.2 Å². The lowest BCUT2D eigenvalue weighted by molar-refractivity contribution is -0.141. The molecule has 9 heteroatoms. The van der Waals surface area contributed by atoms with Gasteiger partial charge in [-0.05, 0) is 25.0 Å². The number of carbonyl (C=O) groups is 3. The highest BCUT2D eigenvalue weighted by Gasteiger charge is 2.25. The number of benzene rings is 1. The number of nitrogens with one attached hydrogen (secondary N) is 2. The zero-order valence-electron chi connectivity index (χ0n) is 16.5. The fourth-order valence-electron chi connectivity index (χ4n) is 3.40. The van der Waals surface area contributed by atoms with Crippen molar-refractivity contribution in [2.75, 3.05) is 20.2 Å². The topological polar surface area (TPSA) is 91.5 Å². The summed E-state index contributed by atoms with van der Waals surface area (Å²) in [5.74, 6) is -2.32. The van der Waals surface area contributed by atoms with Crippen molar-refractivity contribution in [1.29, 1.82) is 0 Å². The van der Waals surface area contributed by atoms with Gasteiger partial charge < -0.3 is 19.9 Å². The number of esters is 1. The zero-order valence-corrected chi connectivity index (χ0v) is 16.5. The molecule has 0 bridgehead atoms. The van der Waals surface area contributed by atoms with Gasteiger partial charge in [0, 0.05) is 37.4 Å². The van der Waals surface area contributed by atoms with E-state index in [9.17, 15) is 23.2 Å². The molecule has 2 aromatic rings. The summed E-state index contributed by atoms with van der Waals surface area (Å²) >= 11 is 0. The van der Waals surface area contributed by atoms with Gasteiger partial charge in [-0.15, -0.1) is 0 Å². The van der Waals surface area contributed by atoms with E-state index in [0.29, 0.717) is 25.8 Å². The molecule has 1 aromatic carbocycles. The Morgan fingerprint density at radius 1 is 1.20 bits per heavy atom. The number of aromatic amines is 1. The lowest BCUT2D eigenvalue weighted by Crippen LogP contribution is -2.43. The molecule has 0 saturated carbocycles. The van der Waals surface area contributed by atoms with Crippen LogP contribution in [0.2, 0.25) is 0 Å². The Kier molecular flexibility index (Phi) is 6.81. The second kappa shape index (κ2) is 9.51. The average molecular weight is 419 g/mol. The third-order valence-electron chi connectivity index (χ3n) is 5.00. The van der Waals surface area contributed by atoms with Gasteiger partial charge in [0.05, 0.1) is 18.7 Å². The van der Waals surface area contributed by atoms with Crippen LogP contribution in [0.1, 0.15) is 36.2 Å². The van der Waals surface area contributed by atoms with E-state index in [4.69, 9.17) is 0 Å². The Labute approximate surface area is 172 Å². The number of rotatable bonds is 8. The number of hydrogen-bond acceptors (Lipinski definition) is 4. The van der Waals surface area contributed by atoms with E-state index >= 15 is 0 Å². The van der Waals surface area contributed by atoms with E-state index in [1.165, 1.54) is 13.2 Å². The first-order valence-electron chi connectivity index (χ1n) is 9.68. The highest BCUT2D eigenvalue weighted by Crippen LogP contribution is 2.20. The average Bonchev–Trinajstić information content (AvgIpc) is 3.36. The molecule has 0 spiro atoms. The number of amides is 2. The fourth-order valence-corrected chi connectivity index (χ4v) is 3.40. The maximum atomic E-state index is 13.8. The van der Waals surface area contributed by atoms with E-state index in [1.807, 2.05) is 12.2 Å². The van der Waals surface area contributed by atoms with Crippen molar-refractivity contribution in [3.8, 4) is 0 Å². The van der Waals surface area contributed by atoms with E-state index in [-0.39, 0.29) is 47.5 Å². The van der Waals surface area contributed by atoms with Gasteiger partial charge in [-0.25, -0.2) is 8.78 Å². The molecule has 2 N–H and O–H groups in total. The number of H-pyrrole nitrogens is 1. The molecule has 160 valence electrons. The highest BCUT2D eigenvalue weighted by molar-refractivity contribution is 5.98. The van der Waals surface area contributed by atoms with E-state index in [1.54, 1.807) is 4.90 Å². The standard InChI is InChI=1S/C21H23F2N3O4/c1-30-20(28)7-3-2-6-19(27)26-8-4-5-14(26)12-24-21(29)18-11-15-16(23)9-13(22)10-17(15)25-18/h4-5,9-11,14,25H,2-3,6-8,12H2,1H3,(H,24,29). The van der Waals surface area contributed by atoms with Crippen LogP contribution in [0.5, 0.6) is 0 Å². The molecule has 7 nitrogen and oxygen atoms in total. The molecule has 2 amide bonds. The Balaban J connectivity index is 1.52. The third kappa shape index (κ3) is 5.03. The molecule has 0 saturated heterocycles. The summed E-state index contributed by atoms with van der Waals surface area (Å²) in [5.41, 5.74) is 0.305. The SMILES string of the molecule is COC(=O)CCCCC(=O)N1CC=CC1CNC(=O)c1cc2c(F)cc(F)cc2[nH]1. The number of hydrogen-bond donors (Lipinski definition) is 2. The van der Waals surface area contributed by atoms with Crippen LogP contribution in [0.25, 0.3) is 10.9 Å². The number of halogens is 2. The van der Waals surface area contributed by atoms with E-state index < -0.39 is 17.5 Å². The lowest BCUT2D eigenvalue weighted by atomic mass is 10.1. The van der Waals surface area contributed by atoms with Crippen LogP contribution in [-0.2, 0) is 14.3 Å². The molecule has 1 atom stereocenters. The van der Waals surface area contributed by atoms with Gasteiger partial charge in [-0.3, -0.25) is 14.4 Å². The molecule has 0 fully saturated rings. The van der Waals surface area contributed by atoms with Gasteiger partial charge in [-0.2, -0.15) is 0 Å². The second-order valence-electron chi connectivity index (χ2n) is 7.07. The Bertz CT molecular complexity index is 986. The first-order valence-corrected chi connectivity index (χ1v) is 9.68. The van der Waals surface area contributed by atoms with Gasteiger partial charge in [0.15, 0.2) is 0 Å². The van der Waals surface area contributed by atoms with E-state index in [0.717, 1.165) is 12.1 Å². The van der Waals surface area contributed by atoms with Crippen LogP contribution in [0.3, 0.4) is 0 Å². The first kappa shape index (κ1) is 21.5. The van der Waals surface area contributed by atoms with Crippen LogP contribution < -0.4 is 5.32 Å². The molecular formula is C21H23F2N3O4. The maximum absolute atomic E-state index is 13.8. The van der Waals surface area contributed by atoms with Crippen molar-refractivity contribution in [3.05, 3.63) is 47.7 Å².